The van der Waals surface area contributed by atoms with E-state index in [1.807, 2.05) is 25.1 Å². The molecule has 3 rings (SSSR count). The van der Waals surface area contributed by atoms with Gasteiger partial charge in [-0.15, -0.1) is 0 Å². The Morgan fingerprint density at radius 3 is 2.19 bits per heavy atom. The minimum atomic E-state index is -0.178. The minimum absolute atomic E-state index is 0.116. The highest BCUT2D eigenvalue weighted by Crippen LogP contribution is 2.43. The molecule has 0 bridgehead atoms. The van der Waals surface area contributed by atoms with Gasteiger partial charge in [0.2, 0.25) is 0 Å². The first-order valence-corrected chi connectivity index (χ1v) is 10.6. The van der Waals surface area contributed by atoms with Gasteiger partial charge in [0.1, 0.15) is 6.10 Å². The Hall–Kier alpha value is -2.08. The molecular formula is C24H31NO2. The van der Waals surface area contributed by atoms with Crippen LogP contribution in [0.1, 0.15) is 81.8 Å². The lowest BCUT2D eigenvalue weighted by atomic mass is 9.69. The SMILES string of the molecule is CCC=CC(=O)OC1CCC(C2CCC(c3ccc(C#N)cc3)CC2)CC1. The third-order valence-electron chi connectivity index (χ3n) is 6.44. The van der Waals surface area contributed by atoms with E-state index in [9.17, 15) is 4.79 Å². The summed E-state index contributed by atoms with van der Waals surface area (Å²) >= 11 is 0. The van der Waals surface area contributed by atoms with Crippen LogP contribution in [-0.4, -0.2) is 12.1 Å². The number of benzene rings is 1. The summed E-state index contributed by atoms with van der Waals surface area (Å²) in [4.78, 5) is 11.7. The van der Waals surface area contributed by atoms with E-state index in [0.29, 0.717) is 5.92 Å². The molecule has 2 aliphatic rings. The number of carbonyl (C=O) groups is 1. The maximum absolute atomic E-state index is 11.7. The molecule has 0 N–H and O–H groups in total. The molecule has 3 heteroatoms. The summed E-state index contributed by atoms with van der Waals surface area (Å²) in [7, 11) is 0. The molecule has 144 valence electrons. The van der Waals surface area contributed by atoms with Crippen LogP contribution in [0.4, 0.5) is 0 Å². The Bertz CT molecular complexity index is 669. The van der Waals surface area contributed by atoms with Crippen LogP contribution in [0.25, 0.3) is 0 Å². The molecule has 0 amide bonds. The van der Waals surface area contributed by atoms with Gasteiger partial charge in [0.05, 0.1) is 11.6 Å². The van der Waals surface area contributed by atoms with Crippen LogP contribution in [0.3, 0.4) is 0 Å². The average Bonchev–Trinajstić information content (AvgIpc) is 2.73. The largest absolute Gasteiger partial charge is 0.459 e. The van der Waals surface area contributed by atoms with Gasteiger partial charge in [-0.2, -0.15) is 5.26 Å². The standard InChI is InChI=1S/C24H31NO2/c1-2-3-4-24(26)27-23-15-13-22(14-16-23)21-11-9-20(10-12-21)19-7-5-18(17-25)6-8-19/h3-8,20-23H,2,9-16H2,1H3. The predicted octanol–water partition coefficient (Wildman–Crippen LogP) is 5.90. The van der Waals surface area contributed by atoms with Crippen molar-refractivity contribution in [2.45, 2.75) is 76.7 Å². The molecule has 0 radical (unpaired) electrons. The number of hydrogen-bond acceptors (Lipinski definition) is 3. The molecule has 2 fully saturated rings. The summed E-state index contributed by atoms with van der Waals surface area (Å²) in [5, 5.41) is 8.94. The number of carbonyl (C=O) groups excluding carboxylic acids is 1. The second-order valence-corrected chi connectivity index (χ2v) is 8.13. The highest BCUT2D eigenvalue weighted by molar-refractivity contribution is 5.82. The topological polar surface area (TPSA) is 50.1 Å². The zero-order valence-corrected chi connectivity index (χ0v) is 16.4. The molecule has 27 heavy (non-hydrogen) atoms. The van der Waals surface area contributed by atoms with E-state index in [1.54, 1.807) is 6.08 Å². The van der Waals surface area contributed by atoms with Crippen molar-refractivity contribution in [1.29, 1.82) is 5.26 Å². The summed E-state index contributed by atoms with van der Waals surface area (Å²) in [5.74, 6) is 2.10. The molecule has 2 saturated carbocycles. The quantitative estimate of drug-likeness (QED) is 0.482. The van der Waals surface area contributed by atoms with Gasteiger partial charge < -0.3 is 4.74 Å². The lowest BCUT2D eigenvalue weighted by Gasteiger charge is -2.37. The fraction of sp³-hybridized carbons (Fsp3) is 0.583. The maximum Gasteiger partial charge on any atom is 0.330 e. The first kappa shape index (κ1) is 19.7. The Labute approximate surface area is 163 Å². The highest BCUT2D eigenvalue weighted by Gasteiger charge is 2.32. The summed E-state index contributed by atoms with van der Waals surface area (Å²) in [6.07, 6.45) is 14.0. The van der Waals surface area contributed by atoms with E-state index < -0.39 is 0 Å². The Balaban J connectivity index is 1.42. The lowest BCUT2D eigenvalue weighted by Crippen LogP contribution is -2.29. The number of ether oxygens (including phenoxy) is 1. The molecule has 0 heterocycles. The third kappa shape index (κ3) is 5.45. The van der Waals surface area contributed by atoms with Gasteiger partial charge in [-0.05, 0) is 93.2 Å². The van der Waals surface area contributed by atoms with Crippen LogP contribution in [0.2, 0.25) is 0 Å². The summed E-state index contributed by atoms with van der Waals surface area (Å²) in [6.45, 7) is 2.02. The van der Waals surface area contributed by atoms with Crippen molar-refractivity contribution in [3.05, 3.63) is 47.5 Å². The molecule has 0 aromatic heterocycles. The van der Waals surface area contributed by atoms with Crippen molar-refractivity contribution in [3.63, 3.8) is 0 Å². The van der Waals surface area contributed by atoms with Crippen molar-refractivity contribution < 1.29 is 9.53 Å². The zero-order chi connectivity index (χ0) is 19.1. The second-order valence-electron chi connectivity index (χ2n) is 8.13. The number of esters is 1. The molecule has 0 saturated heterocycles. The fourth-order valence-corrected chi connectivity index (χ4v) is 4.85. The monoisotopic (exact) mass is 365 g/mol. The Morgan fingerprint density at radius 2 is 1.63 bits per heavy atom. The molecule has 0 atom stereocenters. The van der Waals surface area contributed by atoms with E-state index >= 15 is 0 Å². The van der Waals surface area contributed by atoms with E-state index in [0.717, 1.165) is 36.7 Å². The van der Waals surface area contributed by atoms with Crippen LogP contribution in [0.15, 0.2) is 36.4 Å². The number of nitrogens with zero attached hydrogens (tertiary/aromatic N) is 1. The smallest absolute Gasteiger partial charge is 0.330 e. The van der Waals surface area contributed by atoms with Crippen molar-refractivity contribution in [1.82, 2.24) is 0 Å². The van der Waals surface area contributed by atoms with Crippen LogP contribution >= 0.6 is 0 Å². The van der Waals surface area contributed by atoms with Crippen molar-refractivity contribution in [3.8, 4) is 6.07 Å². The number of allylic oxidation sites excluding steroid dienone is 1. The van der Waals surface area contributed by atoms with Gasteiger partial charge in [-0.1, -0.05) is 25.1 Å². The molecule has 1 aromatic carbocycles. The van der Waals surface area contributed by atoms with Crippen molar-refractivity contribution in [2.75, 3.05) is 0 Å². The van der Waals surface area contributed by atoms with Crippen LogP contribution in [0, 0.1) is 23.2 Å². The number of rotatable bonds is 5. The molecule has 0 unspecified atom stereocenters. The highest BCUT2D eigenvalue weighted by atomic mass is 16.5. The first-order chi connectivity index (χ1) is 13.2. The summed E-state index contributed by atoms with van der Waals surface area (Å²) in [6, 6.07) is 10.4. The van der Waals surface area contributed by atoms with Crippen molar-refractivity contribution in [2.24, 2.45) is 11.8 Å². The van der Waals surface area contributed by atoms with E-state index in [2.05, 4.69) is 18.2 Å². The molecule has 1 aromatic rings. The van der Waals surface area contributed by atoms with Crippen LogP contribution in [0.5, 0.6) is 0 Å². The van der Waals surface area contributed by atoms with Gasteiger partial charge >= 0.3 is 5.97 Å². The molecule has 0 aliphatic heterocycles. The molecule has 2 aliphatic carbocycles. The molecule has 0 spiro atoms. The number of hydrogen-bond donors (Lipinski definition) is 0. The van der Waals surface area contributed by atoms with E-state index in [-0.39, 0.29) is 12.1 Å². The van der Waals surface area contributed by atoms with Crippen LogP contribution < -0.4 is 0 Å². The molecule has 3 nitrogen and oxygen atoms in total. The van der Waals surface area contributed by atoms with Crippen LogP contribution in [-0.2, 0) is 9.53 Å². The van der Waals surface area contributed by atoms with Gasteiger partial charge in [0, 0.05) is 6.08 Å². The van der Waals surface area contributed by atoms with Gasteiger partial charge in [0.15, 0.2) is 0 Å². The third-order valence-corrected chi connectivity index (χ3v) is 6.44. The van der Waals surface area contributed by atoms with E-state index in [1.165, 1.54) is 44.1 Å². The van der Waals surface area contributed by atoms with Gasteiger partial charge in [-0.3, -0.25) is 0 Å². The predicted molar refractivity (Wildman–Crippen MR) is 107 cm³/mol. The minimum Gasteiger partial charge on any atom is -0.459 e. The first-order valence-electron chi connectivity index (χ1n) is 10.6. The summed E-state index contributed by atoms with van der Waals surface area (Å²) in [5.41, 5.74) is 2.14. The Morgan fingerprint density at radius 1 is 1.04 bits per heavy atom. The molecular weight excluding hydrogens is 334 g/mol. The average molecular weight is 366 g/mol. The Kier molecular flexibility index (Phi) is 7.10. The lowest BCUT2D eigenvalue weighted by molar-refractivity contribution is -0.145. The van der Waals surface area contributed by atoms with E-state index in [4.69, 9.17) is 10.00 Å². The van der Waals surface area contributed by atoms with Gasteiger partial charge in [0.25, 0.3) is 0 Å². The van der Waals surface area contributed by atoms with Gasteiger partial charge in [-0.25, -0.2) is 4.79 Å². The van der Waals surface area contributed by atoms with Crippen molar-refractivity contribution >= 4 is 5.97 Å². The normalized spacial score (nSPS) is 28.6. The maximum atomic E-state index is 11.7. The number of nitriles is 1. The summed E-state index contributed by atoms with van der Waals surface area (Å²) < 4.78 is 5.57. The fourth-order valence-electron chi connectivity index (χ4n) is 4.85. The zero-order valence-electron chi connectivity index (χ0n) is 16.4. The second kappa shape index (κ2) is 9.74.